The van der Waals surface area contributed by atoms with Crippen molar-refractivity contribution in [2.45, 2.75) is 24.3 Å². The molecule has 19 heavy (non-hydrogen) atoms. The van der Waals surface area contributed by atoms with Gasteiger partial charge in [0.1, 0.15) is 17.9 Å². The van der Waals surface area contributed by atoms with Gasteiger partial charge in [-0.3, -0.25) is 4.79 Å². The Morgan fingerprint density at radius 1 is 1.58 bits per heavy atom. The highest BCUT2D eigenvalue weighted by Gasteiger charge is 2.24. The minimum atomic E-state index is -4.11. The van der Waals surface area contributed by atoms with Gasteiger partial charge in [0.25, 0.3) is 0 Å². The summed E-state index contributed by atoms with van der Waals surface area (Å²) >= 11 is 0. The third kappa shape index (κ3) is 3.49. The van der Waals surface area contributed by atoms with Crippen LogP contribution in [0, 0.1) is 17.1 Å². The molecular formula is C11H11FN2O4S. The van der Waals surface area contributed by atoms with E-state index in [1.807, 2.05) is 4.72 Å². The SMILES string of the molecule is CC[C@@H](NS(=O)(=O)c1ccc(F)c(C#N)c1)C(=O)O. The lowest BCUT2D eigenvalue weighted by molar-refractivity contribution is -0.139. The van der Waals surface area contributed by atoms with Crippen molar-refractivity contribution in [2.75, 3.05) is 0 Å². The molecule has 0 amide bonds. The van der Waals surface area contributed by atoms with Gasteiger partial charge < -0.3 is 5.11 Å². The monoisotopic (exact) mass is 286 g/mol. The largest absolute Gasteiger partial charge is 0.480 e. The Bertz CT molecular complexity index is 637. The van der Waals surface area contributed by atoms with Gasteiger partial charge in [-0.1, -0.05) is 6.92 Å². The van der Waals surface area contributed by atoms with E-state index in [9.17, 15) is 17.6 Å². The minimum absolute atomic E-state index is 0.0564. The predicted molar refractivity (Wildman–Crippen MR) is 63.2 cm³/mol. The molecule has 0 aliphatic carbocycles. The van der Waals surface area contributed by atoms with E-state index < -0.39 is 33.4 Å². The molecule has 8 heteroatoms. The number of nitrogens with one attached hydrogen (secondary N) is 1. The first kappa shape index (κ1) is 15.1. The Balaban J connectivity index is 3.14. The highest BCUT2D eigenvalue weighted by Crippen LogP contribution is 2.15. The summed E-state index contributed by atoms with van der Waals surface area (Å²) in [5.74, 6) is -2.15. The predicted octanol–water partition coefficient (Wildman–Crippen LogP) is 0.839. The maximum Gasteiger partial charge on any atom is 0.321 e. The van der Waals surface area contributed by atoms with Crippen LogP contribution in [0.25, 0.3) is 0 Å². The fourth-order valence-corrected chi connectivity index (χ4v) is 2.62. The smallest absolute Gasteiger partial charge is 0.321 e. The van der Waals surface area contributed by atoms with Crippen molar-refractivity contribution in [3.63, 3.8) is 0 Å². The Labute approximate surface area is 109 Å². The van der Waals surface area contributed by atoms with Crippen LogP contribution >= 0.6 is 0 Å². The molecule has 0 bridgehead atoms. The van der Waals surface area contributed by atoms with Crippen molar-refractivity contribution in [1.29, 1.82) is 5.26 Å². The van der Waals surface area contributed by atoms with Gasteiger partial charge in [-0.05, 0) is 24.6 Å². The summed E-state index contributed by atoms with van der Waals surface area (Å²) in [6, 6.07) is 2.90. The molecule has 102 valence electrons. The first-order chi connectivity index (χ1) is 8.81. The summed E-state index contributed by atoms with van der Waals surface area (Å²) in [6.45, 7) is 1.51. The zero-order chi connectivity index (χ0) is 14.6. The highest BCUT2D eigenvalue weighted by atomic mass is 32.2. The van der Waals surface area contributed by atoms with Crippen molar-refractivity contribution in [3.05, 3.63) is 29.6 Å². The number of benzene rings is 1. The van der Waals surface area contributed by atoms with Gasteiger partial charge in [0.2, 0.25) is 10.0 Å². The van der Waals surface area contributed by atoms with Crippen LogP contribution in [0.3, 0.4) is 0 Å². The molecule has 6 nitrogen and oxygen atoms in total. The van der Waals surface area contributed by atoms with E-state index in [4.69, 9.17) is 10.4 Å². The zero-order valence-electron chi connectivity index (χ0n) is 9.92. The van der Waals surface area contributed by atoms with E-state index in [0.717, 1.165) is 18.2 Å². The number of hydrogen-bond acceptors (Lipinski definition) is 4. The van der Waals surface area contributed by atoms with Crippen molar-refractivity contribution in [3.8, 4) is 6.07 Å². The molecule has 0 aromatic heterocycles. The highest BCUT2D eigenvalue weighted by molar-refractivity contribution is 7.89. The Hall–Kier alpha value is -1.98. The number of rotatable bonds is 5. The molecule has 0 aliphatic heterocycles. The molecule has 1 aromatic rings. The second-order valence-electron chi connectivity index (χ2n) is 3.67. The molecule has 0 saturated heterocycles. The van der Waals surface area contributed by atoms with Crippen molar-refractivity contribution < 1.29 is 22.7 Å². The van der Waals surface area contributed by atoms with Crippen LogP contribution in [-0.2, 0) is 14.8 Å². The quantitative estimate of drug-likeness (QED) is 0.834. The number of hydrogen-bond donors (Lipinski definition) is 2. The number of halogens is 1. The molecule has 0 fully saturated rings. The first-order valence-corrected chi connectivity index (χ1v) is 6.75. The van der Waals surface area contributed by atoms with Gasteiger partial charge >= 0.3 is 5.97 Å². The molecular weight excluding hydrogens is 275 g/mol. The summed E-state index contributed by atoms with van der Waals surface area (Å²) in [5.41, 5.74) is -0.425. The van der Waals surface area contributed by atoms with Crippen molar-refractivity contribution in [1.82, 2.24) is 4.72 Å². The van der Waals surface area contributed by atoms with Crippen LogP contribution < -0.4 is 4.72 Å². The third-order valence-corrected chi connectivity index (χ3v) is 3.84. The zero-order valence-corrected chi connectivity index (χ0v) is 10.7. The summed E-state index contributed by atoms with van der Waals surface area (Å²) in [4.78, 5) is 10.4. The van der Waals surface area contributed by atoms with Gasteiger partial charge in [0, 0.05) is 0 Å². The Morgan fingerprint density at radius 3 is 2.68 bits per heavy atom. The van der Waals surface area contributed by atoms with Gasteiger partial charge in [0.05, 0.1) is 10.5 Å². The van der Waals surface area contributed by atoms with E-state index in [1.165, 1.54) is 13.0 Å². The normalized spacial score (nSPS) is 12.7. The van der Waals surface area contributed by atoms with E-state index in [-0.39, 0.29) is 11.3 Å². The van der Waals surface area contributed by atoms with Crippen LogP contribution in [0.15, 0.2) is 23.1 Å². The lowest BCUT2D eigenvalue weighted by Crippen LogP contribution is -2.40. The Morgan fingerprint density at radius 2 is 2.21 bits per heavy atom. The second kappa shape index (κ2) is 5.77. The Kier molecular flexibility index (Phi) is 4.58. The number of nitriles is 1. The number of aliphatic carboxylic acids is 1. The molecule has 2 N–H and O–H groups in total. The molecule has 0 aliphatic rings. The van der Waals surface area contributed by atoms with Gasteiger partial charge in [-0.15, -0.1) is 0 Å². The standard InChI is InChI=1S/C11H11FN2O4S/c1-2-10(11(15)16)14-19(17,18)8-3-4-9(12)7(5-8)6-13/h3-5,10,14H,2H2,1H3,(H,15,16)/t10-/m1/s1. The van der Waals surface area contributed by atoms with Crippen molar-refractivity contribution >= 4 is 16.0 Å². The third-order valence-electron chi connectivity index (χ3n) is 2.37. The molecule has 0 saturated carbocycles. The first-order valence-electron chi connectivity index (χ1n) is 5.26. The number of carboxylic acid groups (broad SMARTS) is 1. The molecule has 0 spiro atoms. The van der Waals surface area contributed by atoms with Gasteiger partial charge in [-0.2, -0.15) is 9.98 Å². The fraction of sp³-hybridized carbons (Fsp3) is 0.273. The van der Waals surface area contributed by atoms with E-state index in [2.05, 4.69) is 0 Å². The van der Waals surface area contributed by atoms with E-state index >= 15 is 0 Å². The van der Waals surface area contributed by atoms with Crippen LogP contribution in [0.4, 0.5) is 4.39 Å². The van der Waals surface area contributed by atoms with Crippen LogP contribution in [0.1, 0.15) is 18.9 Å². The van der Waals surface area contributed by atoms with E-state index in [0.29, 0.717) is 0 Å². The van der Waals surface area contributed by atoms with Crippen LogP contribution in [0.2, 0.25) is 0 Å². The number of carbonyl (C=O) groups is 1. The molecule has 1 rings (SSSR count). The molecule has 1 atom stereocenters. The second-order valence-corrected chi connectivity index (χ2v) is 5.39. The maximum absolute atomic E-state index is 13.1. The van der Waals surface area contributed by atoms with Crippen LogP contribution in [-0.4, -0.2) is 25.5 Å². The molecule has 0 heterocycles. The van der Waals surface area contributed by atoms with Crippen molar-refractivity contribution in [2.24, 2.45) is 0 Å². The minimum Gasteiger partial charge on any atom is -0.480 e. The maximum atomic E-state index is 13.1. The number of sulfonamides is 1. The number of carboxylic acids is 1. The van der Waals surface area contributed by atoms with Crippen LogP contribution in [0.5, 0.6) is 0 Å². The fourth-order valence-electron chi connectivity index (χ4n) is 1.32. The summed E-state index contributed by atoms with van der Waals surface area (Å²) in [6.07, 6.45) is 0.0564. The van der Waals surface area contributed by atoms with E-state index in [1.54, 1.807) is 0 Å². The summed E-state index contributed by atoms with van der Waals surface area (Å²) in [7, 11) is -4.11. The lowest BCUT2D eigenvalue weighted by atomic mass is 10.2. The number of nitrogens with zero attached hydrogens (tertiary/aromatic N) is 1. The lowest BCUT2D eigenvalue weighted by Gasteiger charge is -2.12. The van der Waals surface area contributed by atoms with Gasteiger partial charge in [-0.25, -0.2) is 12.8 Å². The average molecular weight is 286 g/mol. The van der Waals surface area contributed by atoms with Gasteiger partial charge in [0.15, 0.2) is 0 Å². The molecule has 0 unspecified atom stereocenters. The molecule has 1 aromatic carbocycles. The average Bonchev–Trinajstić information content (AvgIpc) is 2.36. The summed E-state index contributed by atoms with van der Waals surface area (Å²) in [5, 5.41) is 17.4. The summed E-state index contributed by atoms with van der Waals surface area (Å²) < 4.78 is 38.8. The topological polar surface area (TPSA) is 107 Å². The molecule has 0 radical (unpaired) electrons.